The fraction of sp³-hybridized carbons (Fsp3) is 0.923. The molecule has 2 N–H and O–H groups in total. The van der Waals surface area contributed by atoms with Crippen LogP contribution in [0.2, 0.25) is 0 Å². The molecular formula is C13H25NO5S. The second-order valence-corrected chi connectivity index (χ2v) is 8.46. The lowest BCUT2D eigenvalue weighted by molar-refractivity contribution is -0.238. The Labute approximate surface area is 120 Å². The predicted octanol–water partition coefficient (Wildman–Crippen LogP) is 0.102. The van der Waals surface area contributed by atoms with E-state index in [1.54, 1.807) is 0 Å². The van der Waals surface area contributed by atoms with Crippen molar-refractivity contribution < 1.29 is 23.1 Å². The van der Waals surface area contributed by atoms with E-state index in [-0.39, 0.29) is 12.6 Å². The van der Waals surface area contributed by atoms with Crippen molar-refractivity contribution in [2.75, 3.05) is 19.4 Å². The standard InChI is InChI=1S/C13H25NO5S/c1-6-19-10-7-13(16,12(10,3)4)8-14-11(15)9(2)20(5,17)18/h9-10,16H,6-8H2,1-5H3,(H,14,15). The maximum absolute atomic E-state index is 11.8. The van der Waals surface area contributed by atoms with Gasteiger partial charge in [-0.15, -0.1) is 0 Å². The quantitative estimate of drug-likeness (QED) is 0.726. The summed E-state index contributed by atoms with van der Waals surface area (Å²) >= 11 is 0. The molecule has 0 aliphatic heterocycles. The summed E-state index contributed by atoms with van der Waals surface area (Å²) in [5, 5.41) is 11.9. The number of hydrogen-bond donors (Lipinski definition) is 2. The van der Waals surface area contributed by atoms with Crippen molar-refractivity contribution in [1.82, 2.24) is 5.32 Å². The summed E-state index contributed by atoms with van der Waals surface area (Å²) < 4.78 is 28.1. The number of nitrogens with one attached hydrogen (secondary N) is 1. The van der Waals surface area contributed by atoms with E-state index in [0.29, 0.717) is 13.0 Å². The molecule has 0 aromatic rings. The van der Waals surface area contributed by atoms with Gasteiger partial charge >= 0.3 is 0 Å². The van der Waals surface area contributed by atoms with Gasteiger partial charge in [0.05, 0.1) is 11.7 Å². The molecular weight excluding hydrogens is 282 g/mol. The van der Waals surface area contributed by atoms with Crippen LogP contribution in [0, 0.1) is 5.41 Å². The Balaban J connectivity index is 2.61. The van der Waals surface area contributed by atoms with Crippen LogP contribution < -0.4 is 5.32 Å². The molecule has 0 aromatic heterocycles. The van der Waals surface area contributed by atoms with Crippen LogP contribution in [0.4, 0.5) is 0 Å². The molecule has 0 bridgehead atoms. The third kappa shape index (κ3) is 3.15. The Hall–Kier alpha value is -0.660. The normalized spacial score (nSPS) is 30.4. The summed E-state index contributed by atoms with van der Waals surface area (Å²) in [7, 11) is -3.42. The molecule has 1 fully saturated rings. The van der Waals surface area contributed by atoms with Crippen molar-refractivity contribution in [3.05, 3.63) is 0 Å². The number of aliphatic hydroxyl groups is 1. The maximum atomic E-state index is 11.8. The smallest absolute Gasteiger partial charge is 0.238 e. The average molecular weight is 307 g/mol. The van der Waals surface area contributed by atoms with Gasteiger partial charge in [0.1, 0.15) is 5.25 Å². The van der Waals surface area contributed by atoms with E-state index in [2.05, 4.69) is 5.32 Å². The lowest BCUT2D eigenvalue weighted by Gasteiger charge is -2.58. The van der Waals surface area contributed by atoms with Crippen LogP contribution >= 0.6 is 0 Å². The Morgan fingerprint density at radius 3 is 2.45 bits per heavy atom. The molecule has 0 saturated heterocycles. The molecule has 1 rings (SSSR count). The molecule has 3 atom stereocenters. The first kappa shape index (κ1) is 17.4. The molecule has 6 nitrogen and oxygen atoms in total. The van der Waals surface area contributed by atoms with Crippen LogP contribution in [0.25, 0.3) is 0 Å². The molecule has 0 radical (unpaired) electrons. The van der Waals surface area contributed by atoms with Crippen LogP contribution in [0.1, 0.15) is 34.1 Å². The van der Waals surface area contributed by atoms with Gasteiger partial charge in [0.25, 0.3) is 0 Å². The first-order valence-electron chi connectivity index (χ1n) is 6.76. The number of hydrogen-bond acceptors (Lipinski definition) is 5. The van der Waals surface area contributed by atoms with Gasteiger partial charge in [-0.05, 0) is 13.8 Å². The number of amides is 1. The molecule has 1 amide bonds. The maximum Gasteiger partial charge on any atom is 0.238 e. The van der Waals surface area contributed by atoms with E-state index in [1.165, 1.54) is 6.92 Å². The van der Waals surface area contributed by atoms with E-state index in [1.807, 2.05) is 20.8 Å². The van der Waals surface area contributed by atoms with Gasteiger partial charge in [0, 0.05) is 31.2 Å². The van der Waals surface area contributed by atoms with Gasteiger partial charge in [-0.2, -0.15) is 0 Å². The molecule has 0 heterocycles. The van der Waals surface area contributed by atoms with Crippen molar-refractivity contribution >= 4 is 15.7 Å². The number of sulfone groups is 1. The zero-order valence-corrected chi connectivity index (χ0v) is 13.6. The highest BCUT2D eigenvalue weighted by molar-refractivity contribution is 7.92. The summed E-state index contributed by atoms with van der Waals surface area (Å²) in [5.41, 5.74) is -1.55. The summed E-state index contributed by atoms with van der Waals surface area (Å²) in [6.07, 6.45) is 1.40. The molecule has 0 aromatic carbocycles. The van der Waals surface area contributed by atoms with Gasteiger partial charge in [0.15, 0.2) is 9.84 Å². The Morgan fingerprint density at radius 2 is 2.05 bits per heavy atom. The molecule has 1 aliphatic rings. The highest BCUT2D eigenvalue weighted by Gasteiger charge is 2.60. The molecule has 1 aliphatic carbocycles. The fourth-order valence-electron chi connectivity index (χ4n) is 2.33. The van der Waals surface area contributed by atoms with Crippen molar-refractivity contribution in [3.63, 3.8) is 0 Å². The van der Waals surface area contributed by atoms with Gasteiger partial charge in [-0.25, -0.2) is 8.42 Å². The third-order valence-electron chi connectivity index (χ3n) is 4.46. The van der Waals surface area contributed by atoms with Crippen LogP contribution in [-0.2, 0) is 19.4 Å². The minimum atomic E-state index is -3.42. The first-order valence-corrected chi connectivity index (χ1v) is 8.71. The highest BCUT2D eigenvalue weighted by atomic mass is 32.2. The Bertz CT molecular complexity index is 473. The van der Waals surface area contributed by atoms with Crippen LogP contribution in [-0.4, -0.2) is 55.8 Å². The number of ether oxygens (including phenoxy) is 1. The third-order valence-corrected chi connectivity index (χ3v) is 5.96. The number of carbonyl (C=O) groups is 1. The fourth-order valence-corrected chi connectivity index (χ4v) is 2.81. The summed E-state index contributed by atoms with van der Waals surface area (Å²) in [5.74, 6) is -0.586. The highest BCUT2D eigenvalue weighted by Crippen LogP contribution is 2.50. The summed E-state index contributed by atoms with van der Waals surface area (Å²) in [4.78, 5) is 11.8. The van der Waals surface area contributed by atoms with E-state index in [4.69, 9.17) is 4.74 Å². The second kappa shape index (κ2) is 5.61. The predicted molar refractivity (Wildman–Crippen MR) is 76.1 cm³/mol. The van der Waals surface area contributed by atoms with E-state index in [0.717, 1.165) is 6.26 Å². The zero-order chi connectivity index (χ0) is 15.8. The van der Waals surface area contributed by atoms with Gasteiger partial charge in [-0.1, -0.05) is 13.8 Å². The summed E-state index contributed by atoms with van der Waals surface area (Å²) in [6.45, 7) is 7.59. The molecule has 20 heavy (non-hydrogen) atoms. The number of rotatable bonds is 6. The molecule has 1 saturated carbocycles. The minimum Gasteiger partial charge on any atom is -0.387 e. The second-order valence-electron chi connectivity index (χ2n) is 6.09. The van der Waals surface area contributed by atoms with Crippen LogP contribution in [0.15, 0.2) is 0 Å². The monoisotopic (exact) mass is 307 g/mol. The van der Waals surface area contributed by atoms with Gasteiger partial charge in [0.2, 0.25) is 5.91 Å². The van der Waals surface area contributed by atoms with Crippen molar-refractivity contribution in [2.45, 2.75) is 51.1 Å². The molecule has 7 heteroatoms. The first-order chi connectivity index (χ1) is 8.95. The van der Waals surface area contributed by atoms with Crippen molar-refractivity contribution in [2.24, 2.45) is 5.41 Å². The van der Waals surface area contributed by atoms with E-state index < -0.39 is 32.0 Å². The van der Waals surface area contributed by atoms with Gasteiger partial charge < -0.3 is 15.2 Å². The largest absolute Gasteiger partial charge is 0.387 e. The minimum absolute atomic E-state index is 0.0300. The van der Waals surface area contributed by atoms with Gasteiger partial charge in [-0.3, -0.25) is 4.79 Å². The Kier molecular flexibility index (Phi) is 4.88. The molecule has 0 spiro atoms. The van der Waals surface area contributed by atoms with E-state index >= 15 is 0 Å². The lowest BCUT2D eigenvalue weighted by Crippen LogP contribution is -2.69. The zero-order valence-electron chi connectivity index (χ0n) is 12.8. The summed E-state index contributed by atoms with van der Waals surface area (Å²) in [6, 6.07) is 0. The van der Waals surface area contributed by atoms with Crippen LogP contribution in [0.5, 0.6) is 0 Å². The topological polar surface area (TPSA) is 92.7 Å². The van der Waals surface area contributed by atoms with Crippen molar-refractivity contribution in [3.8, 4) is 0 Å². The lowest BCUT2D eigenvalue weighted by atomic mass is 9.56. The van der Waals surface area contributed by atoms with Crippen molar-refractivity contribution in [1.29, 1.82) is 0 Å². The van der Waals surface area contributed by atoms with Crippen LogP contribution in [0.3, 0.4) is 0 Å². The number of carbonyl (C=O) groups excluding carboxylic acids is 1. The van der Waals surface area contributed by atoms with E-state index in [9.17, 15) is 18.3 Å². The average Bonchev–Trinajstić information content (AvgIpc) is 2.33. The molecule has 118 valence electrons. The molecule has 3 unspecified atom stereocenters. The Morgan fingerprint density at radius 1 is 1.50 bits per heavy atom. The SMILES string of the molecule is CCOC1CC(O)(CNC(=O)C(C)S(C)(=O)=O)C1(C)C.